The predicted molar refractivity (Wildman–Crippen MR) is 148 cm³/mol. The van der Waals surface area contributed by atoms with Gasteiger partial charge in [-0.1, -0.05) is 79.6 Å². The molecule has 0 amide bonds. The number of hydrogen-bond acceptors (Lipinski definition) is 5. The molecule has 0 bridgehead atoms. The second-order valence-electron chi connectivity index (χ2n) is 9.90. The molecule has 0 unspecified atom stereocenters. The van der Waals surface area contributed by atoms with E-state index in [2.05, 4.69) is 53.4 Å². The van der Waals surface area contributed by atoms with Gasteiger partial charge in [-0.25, -0.2) is 8.42 Å². The molecule has 8 heteroatoms. The Bertz CT molecular complexity index is 1370. The molecular formula is C29H32N4O2S2. The van der Waals surface area contributed by atoms with Crippen LogP contribution in [0.5, 0.6) is 0 Å². The number of nitrogens with zero attached hydrogens (tertiary/aromatic N) is 4. The minimum atomic E-state index is -3.68. The highest BCUT2D eigenvalue weighted by atomic mass is 32.2. The van der Waals surface area contributed by atoms with Crippen LogP contribution < -0.4 is 0 Å². The molecule has 4 aromatic rings. The molecule has 1 aliphatic heterocycles. The van der Waals surface area contributed by atoms with Crippen molar-refractivity contribution in [2.24, 2.45) is 0 Å². The molecule has 37 heavy (non-hydrogen) atoms. The second-order valence-corrected chi connectivity index (χ2v) is 12.8. The Balaban J connectivity index is 1.27. The SMILES string of the molecule is O=S(=O)(c1cn(C2CCCC2)nc1-c1cccs1)N1CCN(C(c2ccccc2)c2ccccc2)CC1. The number of thiophene rings is 1. The third-order valence-electron chi connectivity index (χ3n) is 7.64. The molecule has 3 heterocycles. The van der Waals surface area contributed by atoms with E-state index < -0.39 is 10.0 Å². The molecule has 2 aromatic heterocycles. The smallest absolute Gasteiger partial charge is 0.246 e. The van der Waals surface area contributed by atoms with Crippen molar-refractivity contribution in [2.75, 3.05) is 26.2 Å². The Morgan fingerprint density at radius 1 is 0.811 bits per heavy atom. The summed E-state index contributed by atoms with van der Waals surface area (Å²) in [4.78, 5) is 3.65. The zero-order valence-corrected chi connectivity index (χ0v) is 22.4. The van der Waals surface area contributed by atoms with E-state index in [1.807, 2.05) is 34.3 Å². The van der Waals surface area contributed by atoms with Gasteiger partial charge in [0.1, 0.15) is 10.6 Å². The molecule has 6 rings (SSSR count). The Morgan fingerprint density at radius 3 is 2.00 bits per heavy atom. The normalized spacial score (nSPS) is 18.1. The van der Waals surface area contributed by atoms with Gasteiger partial charge in [0.05, 0.1) is 17.0 Å². The molecule has 1 aliphatic carbocycles. The van der Waals surface area contributed by atoms with Crippen molar-refractivity contribution in [3.63, 3.8) is 0 Å². The van der Waals surface area contributed by atoms with Gasteiger partial charge in [0.25, 0.3) is 0 Å². The van der Waals surface area contributed by atoms with Crippen LogP contribution in [0, 0.1) is 0 Å². The second kappa shape index (κ2) is 10.5. The molecule has 1 saturated heterocycles. The Morgan fingerprint density at radius 2 is 1.43 bits per heavy atom. The van der Waals surface area contributed by atoms with Crippen LogP contribution in [0.1, 0.15) is 48.9 Å². The zero-order chi connectivity index (χ0) is 25.2. The third-order valence-corrected chi connectivity index (χ3v) is 10.4. The Hall–Kier alpha value is -2.78. The predicted octanol–water partition coefficient (Wildman–Crippen LogP) is 5.82. The summed E-state index contributed by atoms with van der Waals surface area (Å²) in [5.74, 6) is 0. The summed E-state index contributed by atoms with van der Waals surface area (Å²) in [5, 5.41) is 6.81. The summed E-state index contributed by atoms with van der Waals surface area (Å²) in [6.45, 7) is 2.24. The van der Waals surface area contributed by atoms with Crippen molar-refractivity contribution in [3.05, 3.63) is 95.5 Å². The monoisotopic (exact) mass is 532 g/mol. The van der Waals surface area contributed by atoms with Gasteiger partial charge in [-0.15, -0.1) is 11.3 Å². The minimum Gasteiger partial charge on any atom is -0.290 e. The van der Waals surface area contributed by atoms with Crippen molar-refractivity contribution in [3.8, 4) is 10.6 Å². The number of rotatable bonds is 7. The molecule has 0 radical (unpaired) electrons. The third kappa shape index (κ3) is 4.91. The molecule has 6 nitrogen and oxygen atoms in total. The zero-order valence-electron chi connectivity index (χ0n) is 20.8. The molecule has 2 fully saturated rings. The van der Waals surface area contributed by atoms with E-state index in [1.165, 1.54) is 24.0 Å². The van der Waals surface area contributed by atoms with Crippen LogP contribution in [0.15, 0.2) is 89.3 Å². The first kappa shape index (κ1) is 24.6. The number of aromatic nitrogens is 2. The quantitative estimate of drug-likeness (QED) is 0.301. The maximum absolute atomic E-state index is 14.0. The number of benzene rings is 2. The van der Waals surface area contributed by atoms with E-state index in [9.17, 15) is 8.42 Å². The Labute approximate surface area is 223 Å². The fraction of sp³-hybridized carbons (Fsp3) is 0.345. The molecule has 0 spiro atoms. The summed E-state index contributed by atoms with van der Waals surface area (Å²) in [7, 11) is -3.68. The van der Waals surface area contributed by atoms with Crippen molar-refractivity contribution in [2.45, 2.75) is 42.7 Å². The lowest BCUT2D eigenvalue weighted by atomic mass is 9.96. The fourth-order valence-electron chi connectivity index (χ4n) is 5.73. The van der Waals surface area contributed by atoms with Gasteiger partial charge >= 0.3 is 0 Å². The van der Waals surface area contributed by atoms with E-state index in [0.717, 1.165) is 17.7 Å². The minimum absolute atomic E-state index is 0.0963. The summed E-state index contributed by atoms with van der Waals surface area (Å²) in [6.07, 6.45) is 6.26. The maximum Gasteiger partial charge on any atom is 0.246 e. The van der Waals surface area contributed by atoms with E-state index in [4.69, 9.17) is 5.10 Å². The maximum atomic E-state index is 14.0. The van der Waals surface area contributed by atoms with Crippen molar-refractivity contribution in [1.29, 1.82) is 0 Å². The van der Waals surface area contributed by atoms with Crippen molar-refractivity contribution >= 4 is 21.4 Å². The lowest BCUT2D eigenvalue weighted by Crippen LogP contribution is -2.49. The van der Waals surface area contributed by atoms with Crippen LogP contribution in [0.4, 0.5) is 0 Å². The summed E-state index contributed by atoms with van der Waals surface area (Å²) in [6, 6.07) is 25.3. The number of piperazine rings is 1. The first-order chi connectivity index (χ1) is 18.1. The van der Waals surface area contributed by atoms with Gasteiger partial charge in [-0.05, 0) is 35.4 Å². The first-order valence-electron chi connectivity index (χ1n) is 13.1. The fourth-order valence-corrected chi connectivity index (χ4v) is 8.08. The standard InChI is InChI=1S/C29H32N4O2S2/c34-37(35,27-22-33(25-14-7-8-15-25)30-28(27)26-16-9-21-36-26)32-19-17-31(18-20-32)29(23-10-3-1-4-11-23)24-12-5-2-6-13-24/h1-6,9-13,16,21-22,25,29H,7-8,14-15,17-20H2. The molecule has 0 atom stereocenters. The summed E-state index contributed by atoms with van der Waals surface area (Å²) < 4.78 is 31.6. The highest BCUT2D eigenvalue weighted by Crippen LogP contribution is 2.37. The van der Waals surface area contributed by atoms with Crippen LogP contribution >= 0.6 is 11.3 Å². The summed E-state index contributed by atoms with van der Waals surface area (Å²) >= 11 is 1.54. The van der Waals surface area contributed by atoms with Gasteiger partial charge in [0, 0.05) is 32.4 Å². The van der Waals surface area contributed by atoms with Gasteiger partial charge in [-0.3, -0.25) is 9.58 Å². The molecule has 192 valence electrons. The topological polar surface area (TPSA) is 58.4 Å². The molecule has 1 saturated carbocycles. The van der Waals surface area contributed by atoms with Gasteiger partial charge < -0.3 is 0 Å². The highest BCUT2D eigenvalue weighted by molar-refractivity contribution is 7.89. The molecular weight excluding hydrogens is 500 g/mol. The summed E-state index contributed by atoms with van der Waals surface area (Å²) in [5.41, 5.74) is 3.04. The van der Waals surface area contributed by atoms with Crippen molar-refractivity contribution in [1.82, 2.24) is 19.0 Å². The average molecular weight is 533 g/mol. The molecule has 2 aliphatic rings. The van der Waals surface area contributed by atoms with Crippen LogP contribution in [0.25, 0.3) is 10.6 Å². The van der Waals surface area contributed by atoms with Crippen molar-refractivity contribution < 1.29 is 8.42 Å². The van der Waals surface area contributed by atoms with Gasteiger partial charge in [0.15, 0.2) is 0 Å². The van der Waals surface area contributed by atoms with Crippen LogP contribution in [-0.2, 0) is 10.0 Å². The highest BCUT2D eigenvalue weighted by Gasteiger charge is 2.35. The molecule has 0 N–H and O–H groups in total. The Kier molecular flexibility index (Phi) is 6.99. The first-order valence-corrected chi connectivity index (χ1v) is 15.4. The van der Waals surface area contributed by atoms with E-state index in [1.54, 1.807) is 21.8 Å². The van der Waals surface area contributed by atoms with Crippen LogP contribution in [-0.4, -0.2) is 53.6 Å². The van der Waals surface area contributed by atoms with Gasteiger partial charge in [-0.2, -0.15) is 9.40 Å². The van der Waals surface area contributed by atoms with E-state index in [0.29, 0.717) is 36.8 Å². The van der Waals surface area contributed by atoms with Crippen LogP contribution in [0.3, 0.4) is 0 Å². The van der Waals surface area contributed by atoms with Crippen LogP contribution in [0.2, 0.25) is 0 Å². The number of hydrogen-bond donors (Lipinski definition) is 0. The van der Waals surface area contributed by atoms with Gasteiger partial charge in [0.2, 0.25) is 10.0 Å². The largest absolute Gasteiger partial charge is 0.290 e. The van der Waals surface area contributed by atoms with E-state index in [-0.39, 0.29) is 12.1 Å². The van der Waals surface area contributed by atoms with E-state index >= 15 is 0 Å². The average Bonchev–Trinajstić information content (AvgIpc) is 3.72. The lowest BCUT2D eigenvalue weighted by Gasteiger charge is -2.39. The molecule has 2 aromatic carbocycles. The lowest BCUT2D eigenvalue weighted by molar-refractivity contribution is 0.156. The number of sulfonamides is 1.